The Balaban J connectivity index is 1.42. The van der Waals surface area contributed by atoms with Crippen LogP contribution in [0.15, 0.2) is 30.3 Å². The van der Waals surface area contributed by atoms with Crippen molar-refractivity contribution in [3.05, 3.63) is 58.7 Å². The topological polar surface area (TPSA) is 63.4 Å². The summed E-state index contributed by atoms with van der Waals surface area (Å²) in [6.07, 6.45) is 6.72. The Morgan fingerprint density at radius 3 is 2.67 bits per heavy atom. The Labute approximate surface area is 178 Å². The summed E-state index contributed by atoms with van der Waals surface area (Å²) in [5.41, 5.74) is 4.44. The summed E-state index contributed by atoms with van der Waals surface area (Å²) in [6, 6.07) is 10.9. The fourth-order valence-electron chi connectivity index (χ4n) is 4.65. The molecule has 1 saturated heterocycles. The zero-order chi connectivity index (χ0) is 21.1. The maximum Gasteiger partial charge on any atom is 0.252 e. The van der Waals surface area contributed by atoms with E-state index in [4.69, 9.17) is 0 Å². The van der Waals surface area contributed by atoms with Crippen LogP contribution in [-0.2, 0) is 17.6 Å². The first-order valence-corrected chi connectivity index (χ1v) is 11.1. The number of rotatable bonds is 6. The van der Waals surface area contributed by atoms with Crippen molar-refractivity contribution < 1.29 is 4.79 Å². The maximum absolute atomic E-state index is 13.2. The van der Waals surface area contributed by atoms with Gasteiger partial charge in [0, 0.05) is 30.4 Å². The molecule has 1 amide bonds. The van der Waals surface area contributed by atoms with Crippen molar-refractivity contribution in [2.75, 3.05) is 6.54 Å². The van der Waals surface area contributed by atoms with E-state index < -0.39 is 0 Å². The average Bonchev–Trinajstić information content (AvgIpc) is 3.13. The summed E-state index contributed by atoms with van der Waals surface area (Å²) >= 11 is 0. The van der Waals surface area contributed by atoms with Gasteiger partial charge in [0.2, 0.25) is 5.91 Å². The molecule has 6 nitrogen and oxygen atoms in total. The van der Waals surface area contributed by atoms with Gasteiger partial charge in [0.05, 0.1) is 0 Å². The van der Waals surface area contributed by atoms with E-state index in [9.17, 15) is 4.79 Å². The lowest BCUT2D eigenvalue weighted by Crippen LogP contribution is -2.44. The van der Waals surface area contributed by atoms with Gasteiger partial charge in [-0.2, -0.15) is 10.1 Å². The van der Waals surface area contributed by atoms with Crippen LogP contribution in [0.2, 0.25) is 0 Å². The van der Waals surface area contributed by atoms with Gasteiger partial charge in [-0.3, -0.25) is 4.79 Å². The molecule has 6 heteroatoms. The van der Waals surface area contributed by atoms with Crippen LogP contribution in [0.1, 0.15) is 60.4 Å². The minimum atomic E-state index is 0.265. The first-order valence-electron chi connectivity index (χ1n) is 11.1. The standard InChI is InChI=1S/C24H31N5O/c1-17-22(18(2)29-24(25-17)26-19(3)27-29)14-15-23(30)28-16-8-7-11-21(28)13-12-20-9-5-4-6-10-20/h4-6,9-10,21H,7-8,11-16H2,1-3H3/t21-/m1/s1. The number of fused-ring (bicyclic) bond motifs is 1. The lowest BCUT2D eigenvalue weighted by molar-refractivity contribution is -0.135. The van der Waals surface area contributed by atoms with Gasteiger partial charge in [0.15, 0.2) is 0 Å². The van der Waals surface area contributed by atoms with E-state index >= 15 is 0 Å². The summed E-state index contributed by atoms with van der Waals surface area (Å²) in [4.78, 5) is 24.3. The fraction of sp³-hybridized carbons (Fsp3) is 0.500. The second-order valence-electron chi connectivity index (χ2n) is 8.39. The lowest BCUT2D eigenvalue weighted by Gasteiger charge is -2.36. The van der Waals surface area contributed by atoms with E-state index in [0.29, 0.717) is 30.5 Å². The van der Waals surface area contributed by atoms with Crippen molar-refractivity contribution in [2.45, 2.75) is 71.8 Å². The first kappa shape index (κ1) is 20.5. The van der Waals surface area contributed by atoms with Crippen LogP contribution in [0.5, 0.6) is 0 Å². The molecule has 0 bridgehead atoms. The van der Waals surface area contributed by atoms with E-state index in [-0.39, 0.29) is 5.91 Å². The summed E-state index contributed by atoms with van der Waals surface area (Å²) in [5, 5.41) is 4.44. The molecule has 0 spiro atoms. The monoisotopic (exact) mass is 405 g/mol. The molecule has 30 heavy (non-hydrogen) atoms. The molecular formula is C24H31N5O. The van der Waals surface area contributed by atoms with E-state index in [0.717, 1.165) is 49.2 Å². The Morgan fingerprint density at radius 2 is 1.87 bits per heavy atom. The largest absolute Gasteiger partial charge is 0.340 e. The summed E-state index contributed by atoms with van der Waals surface area (Å²) < 4.78 is 1.80. The molecule has 0 aliphatic carbocycles. The number of hydrogen-bond acceptors (Lipinski definition) is 4. The van der Waals surface area contributed by atoms with Crippen LogP contribution < -0.4 is 0 Å². The van der Waals surface area contributed by atoms with Gasteiger partial charge in [-0.05, 0) is 70.4 Å². The maximum atomic E-state index is 13.2. The van der Waals surface area contributed by atoms with Crippen LogP contribution in [-0.4, -0.2) is 43.0 Å². The number of hydrogen-bond donors (Lipinski definition) is 0. The third-order valence-corrected chi connectivity index (χ3v) is 6.30. The number of aryl methyl sites for hydroxylation is 4. The highest BCUT2D eigenvalue weighted by atomic mass is 16.2. The molecule has 0 radical (unpaired) electrons. The summed E-state index contributed by atoms with van der Waals surface area (Å²) in [6.45, 7) is 6.80. The zero-order valence-corrected chi connectivity index (χ0v) is 18.3. The van der Waals surface area contributed by atoms with Crippen molar-refractivity contribution >= 4 is 11.7 Å². The minimum Gasteiger partial charge on any atom is -0.340 e. The molecule has 4 rings (SSSR count). The number of carbonyl (C=O) groups excluding carboxylic acids is 1. The highest BCUT2D eigenvalue weighted by Crippen LogP contribution is 2.23. The molecule has 0 saturated carbocycles. The van der Waals surface area contributed by atoms with E-state index in [1.165, 1.54) is 12.0 Å². The molecule has 1 fully saturated rings. The number of amides is 1. The molecule has 1 aliphatic heterocycles. The Morgan fingerprint density at radius 1 is 1.07 bits per heavy atom. The van der Waals surface area contributed by atoms with Crippen molar-refractivity contribution in [3.63, 3.8) is 0 Å². The van der Waals surface area contributed by atoms with Crippen LogP contribution in [0.4, 0.5) is 0 Å². The van der Waals surface area contributed by atoms with Gasteiger partial charge in [0.25, 0.3) is 5.78 Å². The van der Waals surface area contributed by atoms with Crippen LogP contribution in [0, 0.1) is 20.8 Å². The summed E-state index contributed by atoms with van der Waals surface area (Å²) in [7, 11) is 0. The zero-order valence-electron chi connectivity index (χ0n) is 18.3. The van der Waals surface area contributed by atoms with Gasteiger partial charge in [-0.15, -0.1) is 0 Å². The molecule has 158 valence electrons. The molecule has 2 aromatic heterocycles. The number of likely N-dealkylation sites (tertiary alicyclic amines) is 1. The van der Waals surface area contributed by atoms with Crippen molar-refractivity contribution in [3.8, 4) is 0 Å². The van der Waals surface area contributed by atoms with Crippen LogP contribution >= 0.6 is 0 Å². The minimum absolute atomic E-state index is 0.265. The number of piperidine rings is 1. The quantitative estimate of drug-likeness (QED) is 0.622. The van der Waals surface area contributed by atoms with Gasteiger partial charge in [-0.25, -0.2) is 9.50 Å². The second-order valence-corrected chi connectivity index (χ2v) is 8.39. The van der Waals surface area contributed by atoms with E-state index in [1.54, 1.807) is 4.52 Å². The van der Waals surface area contributed by atoms with Crippen LogP contribution in [0.25, 0.3) is 5.78 Å². The smallest absolute Gasteiger partial charge is 0.252 e. The number of nitrogens with zero attached hydrogens (tertiary/aromatic N) is 5. The highest BCUT2D eigenvalue weighted by Gasteiger charge is 2.26. The molecule has 0 N–H and O–H groups in total. The van der Waals surface area contributed by atoms with Gasteiger partial charge in [0.1, 0.15) is 5.82 Å². The van der Waals surface area contributed by atoms with Crippen LogP contribution in [0.3, 0.4) is 0 Å². The van der Waals surface area contributed by atoms with Crippen molar-refractivity contribution in [1.82, 2.24) is 24.5 Å². The van der Waals surface area contributed by atoms with Crippen molar-refractivity contribution in [1.29, 1.82) is 0 Å². The Hall–Kier alpha value is -2.76. The normalized spacial score (nSPS) is 16.9. The van der Waals surface area contributed by atoms with E-state index in [2.05, 4.69) is 50.3 Å². The third kappa shape index (κ3) is 4.37. The SMILES string of the molecule is Cc1nc2nc(C)c(CCC(=O)N3CCCC[C@@H]3CCc3ccccc3)c(C)n2n1. The lowest BCUT2D eigenvalue weighted by atomic mass is 9.95. The molecule has 1 aromatic carbocycles. The molecule has 3 aromatic rings. The Kier molecular flexibility index (Phi) is 6.11. The predicted octanol–water partition coefficient (Wildman–Crippen LogP) is 4.00. The molecule has 3 heterocycles. The molecule has 1 atom stereocenters. The van der Waals surface area contributed by atoms with Gasteiger partial charge < -0.3 is 4.90 Å². The molecular weight excluding hydrogens is 374 g/mol. The molecule has 0 unspecified atom stereocenters. The first-order chi connectivity index (χ1) is 14.5. The molecule has 1 aliphatic rings. The number of benzene rings is 1. The fourth-order valence-corrected chi connectivity index (χ4v) is 4.65. The second kappa shape index (κ2) is 8.94. The average molecular weight is 406 g/mol. The highest BCUT2D eigenvalue weighted by molar-refractivity contribution is 5.77. The third-order valence-electron chi connectivity index (χ3n) is 6.30. The number of carbonyl (C=O) groups is 1. The van der Waals surface area contributed by atoms with E-state index in [1.807, 2.05) is 20.8 Å². The summed E-state index contributed by atoms with van der Waals surface area (Å²) in [5.74, 6) is 1.61. The number of aromatic nitrogens is 4. The van der Waals surface area contributed by atoms with Gasteiger partial charge >= 0.3 is 0 Å². The van der Waals surface area contributed by atoms with Gasteiger partial charge in [-0.1, -0.05) is 30.3 Å². The van der Waals surface area contributed by atoms with Crippen molar-refractivity contribution in [2.24, 2.45) is 0 Å². The Bertz CT molecular complexity index is 1030. The predicted molar refractivity (Wildman–Crippen MR) is 117 cm³/mol.